The zero-order valence-electron chi connectivity index (χ0n) is 25.2. The van der Waals surface area contributed by atoms with Crippen LogP contribution < -0.4 is 15.6 Å². The van der Waals surface area contributed by atoms with Crippen molar-refractivity contribution in [2.75, 3.05) is 31.3 Å². The summed E-state index contributed by atoms with van der Waals surface area (Å²) in [4.78, 5) is 37.2. The summed E-state index contributed by atoms with van der Waals surface area (Å²) in [5.41, 5.74) is 5.76. The molecule has 0 spiro atoms. The van der Waals surface area contributed by atoms with Crippen LogP contribution in [0.15, 0.2) is 6.33 Å². The first kappa shape index (κ1) is 35.8. The topological polar surface area (TPSA) is 162 Å². The summed E-state index contributed by atoms with van der Waals surface area (Å²) in [6.45, 7) is 9.04. The minimum Gasteiger partial charge on any atom is -0.476 e. The number of aromatic nitrogens is 4. The summed E-state index contributed by atoms with van der Waals surface area (Å²) in [7, 11) is 0. The molecule has 1 fully saturated rings. The fraction of sp³-hybridized carbons (Fsp3) is 0.720. The van der Waals surface area contributed by atoms with Gasteiger partial charge in [-0.2, -0.15) is 9.97 Å². The molecule has 3 N–H and O–H groups in total. The van der Waals surface area contributed by atoms with Gasteiger partial charge < -0.3 is 29.0 Å². The van der Waals surface area contributed by atoms with Crippen LogP contribution in [0.25, 0.3) is 11.2 Å². The molecule has 3 rings (SSSR count). The molecule has 5 atom stereocenters. The molecule has 3 heterocycles. The van der Waals surface area contributed by atoms with Crippen molar-refractivity contribution in [3.05, 3.63) is 6.33 Å². The number of carbonyl (C=O) groups excluding carboxylic acids is 2. The predicted octanol–water partition coefficient (Wildman–Crippen LogP) is 4.49. The number of nitrogens with one attached hydrogen (secondary N) is 1. The van der Waals surface area contributed by atoms with Gasteiger partial charge in [-0.3, -0.25) is 14.2 Å². The standard InChI is InChI=1S/C25H39ClFN6O7PS2/c1-8-36-19-17-18(30-23(28)31-19)33(13-29-17)21-25(26,27)11-16(40-21)12-38-41(42,32-15(4)20(34)39-14(2)3)37-9-10-43-22(35)24(5,6)7/h13-16,21H,8-12H2,1-7H3,(H,32,42)(H2,28,30,31)/t15-,16+,21-,25+,41-/m1/s1. The highest BCUT2D eigenvalue weighted by Crippen LogP contribution is 2.49. The number of nitrogens with two attached hydrogens (primary N) is 1. The first-order valence-corrected chi connectivity index (χ1v) is 17.7. The van der Waals surface area contributed by atoms with Crippen LogP contribution in [0, 0.1) is 5.41 Å². The lowest BCUT2D eigenvalue weighted by Gasteiger charge is -2.27. The first-order valence-electron chi connectivity index (χ1n) is 13.7. The summed E-state index contributed by atoms with van der Waals surface area (Å²) in [5.74, 6) is -0.179. The molecule has 0 saturated carbocycles. The zero-order valence-corrected chi connectivity index (χ0v) is 28.4. The van der Waals surface area contributed by atoms with Crippen molar-refractivity contribution in [2.24, 2.45) is 5.41 Å². The van der Waals surface area contributed by atoms with Gasteiger partial charge in [0.15, 0.2) is 22.5 Å². The number of thioether (sulfide) groups is 1. The number of hydrogen-bond donors (Lipinski definition) is 2. The molecule has 0 amide bonds. The van der Waals surface area contributed by atoms with Crippen LogP contribution in [0.4, 0.5) is 10.3 Å². The maximum absolute atomic E-state index is 15.7. The van der Waals surface area contributed by atoms with E-state index in [1.165, 1.54) is 10.9 Å². The zero-order chi connectivity index (χ0) is 32.2. The van der Waals surface area contributed by atoms with Gasteiger partial charge in [0.1, 0.15) is 6.04 Å². The quantitative estimate of drug-likeness (QED) is 0.124. The number of nitrogens with zero attached hydrogens (tertiary/aromatic N) is 4. The number of ether oxygens (including phenoxy) is 3. The molecule has 1 saturated heterocycles. The number of esters is 1. The molecule has 1 aliphatic heterocycles. The Morgan fingerprint density at radius 2 is 2.05 bits per heavy atom. The van der Waals surface area contributed by atoms with Crippen LogP contribution in [0.1, 0.15) is 61.1 Å². The minimum atomic E-state index is -3.37. The van der Waals surface area contributed by atoms with E-state index in [4.69, 9.17) is 52.4 Å². The third-order valence-electron chi connectivity index (χ3n) is 5.80. The highest BCUT2D eigenvalue weighted by molar-refractivity contribution is 8.13. The molecule has 43 heavy (non-hydrogen) atoms. The number of anilines is 1. The molecule has 2 aromatic heterocycles. The van der Waals surface area contributed by atoms with Crippen LogP contribution in [-0.4, -0.2) is 79.6 Å². The second kappa shape index (κ2) is 14.6. The Balaban J connectivity index is 1.74. The Morgan fingerprint density at radius 1 is 1.35 bits per heavy atom. The second-order valence-electron chi connectivity index (χ2n) is 11.1. The molecule has 0 aliphatic carbocycles. The maximum atomic E-state index is 15.7. The highest BCUT2D eigenvalue weighted by Gasteiger charge is 2.50. The van der Waals surface area contributed by atoms with Crippen molar-refractivity contribution in [1.82, 2.24) is 24.6 Å². The fourth-order valence-electron chi connectivity index (χ4n) is 3.84. The second-order valence-corrected chi connectivity index (χ2v) is 16.0. The van der Waals surface area contributed by atoms with E-state index in [0.717, 1.165) is 11.8 Å². The van der Waals surface area contributed by atoms with Gasteiger partial charge in [0, 0.05) is 17.6 Å². The average Bonchev–Trinajstić information content (AvgIpc) is 3.43. The summed E-state index contributed by atoms with van der Waals surface area (Å²) >= 11 is 13.1. The van der Waals surface area contributed by atoms with E-state index in [-0.39, 0.29) is 53.8 Å². The molecule has 242 valence electrons. The summed E-state index contributed by atoms with van der Waals surface area (Å²) in [6.07, 6.45) is -1.50. The van der Waals surface area contributed by atoms with Gasteiger partial charge in [-0.1, -0.05) is 44.1 Å². The summed E-state index contributed by atoms with van der Waals surface area (Å²) < 4.78 is 45.6. The van der Waals surface area contributed by atoms with E-state index in [2.05, 4.69) is 20.0 Å². The number of alkyl halides is 2. The van der Waals surface area contributed by atoms with Crippen molar-refractivity contribution in [1.29, 1.82) is 0 Å². The van der Waals surface area contributed by atoms with Crippen molar-refractivity contribution in [2.45, 2.75) is 84.5 Å². The fourth-order valence-corrected chi connectivity index (χ4v) is 7.46. The Labute approximate surface area is 264 Å². The van der Waals surface area contributed by atoms with Gasteiger partial charge in [-0.15, -0.1) is 0 Å². The predicted molar refractivity (Wildman–Crippen MR) is 166 cm³/mol. The van der Waals surface area contributed by atoms with E-state index >= 15 is 4.39 Å². The summed E-state index contributed by atoms with van der Waals surface area (Å²) in [5, 5.41) is 0.539. The van der Waals surface area contributed by atoms with Crippen LogP contribution in [0.2, 0.25) is 0 Å². The molecule has 0 bridgehead atoms. The number of hydrogen-bond acceptors (Lipinski definition) is 13. The van der Waals surface area contributed by atoms with Gasteiger partial charge in [0.05, 0.1) is 38.4 Å². The number of rotatable bonds is 14. The Kier molecular flexibility index (Phi) is 12.2. The molecular formula is C25H39ClFN6O7PS2. The highest BCUT2D eigenvalue weighted by atomic mass is 35.5. The van der Waals surface area contributed by atoms with Crippen LogP contribution in [0.5, 0.6) is 5.88 Å². The van der Waals surface area contributed by atoms with E-state index in [0.29, 0.717) is 12.4 Å². The molecular weight excluding hydrogens is 646 g/mol. The number of fused-ring (bicyclic) bond motifs is 1. The van der Waals surface area contributed by atoms with Gasteiger partial charge >= 0.3 is 5.97 Å². The van der Waals surface area contributed by atoms with Crippen molar-refractivity contribution >= 4 is 70.0 Å². The molecule has 18 heteroatoms. The molecule has 13 nitrogen and oxygen atoms in total. The largest absolute Gasteiger partial charge is 0.476 e. The number of imidazole rings is 1. The van der Waals surface area contributed by atoms with E-state index in [9.17, 15) is 9.59 Å². The molecule has 2 aromatic rings. The lowest BCUT2D eigenvalue weighted by Crippen LogP contribution is -2.36. The van der Waals surface area contributed by atoms with Gasteiger partial charge in [0.2, 0.25) is 17.0 Å². The molecule has 0 radical (unpaired) electrons. The van der Waals surface area contributed by atoms with Gasteiger partial charge in [-0.25, -0.2) is 14.5 Å². The average molecular weight is 685 g/mol. The van der Waals surface area contributed by atoms with E-state index in [1.54, 1.807) is 27.7 Å². The van der Waals surface area contributed by atoms with Crippen LogP contribution >= 0.6 is 30.0 Å². The number of nitrogen functional groups attached to an aromatic ring is 1. The third kappa shape index (κ3) is 9.67. The normalized spacial score (nSPS) is 22.9. The molecule has 1 aliphatic rings. The number of carbonyl (C=O) groups is 2. The molecule has 0 unspecified atom stereocenters. The van der Waals surface area contributed by atoms with Gasteiger partial charge in [-0.05, 0) is 39.5 Å². The Bertz CT molecular complexity index is 1350. The van der Waals surface area contributed by atoms with E-state index in [1.807, 2.05) is 20.8 Å². The van der Waals surface area contributed by atoms with Crippen molar-refractivity contribution in [3.63, 3.8) is 0 Å². The third-order valence-corrected chi connectivity index (χ3v) is 10.1. The lowest BCUT2D eigenvalue weighted by atomic mass is 10.00. The van der Waals surface area contributed by atoms with E-state index < -0.39 is 41.5 Å². The number of halogens is 2. The Hall–Kier alpha value is -1.65. The summed E-state index contributed by atoms with van der Waals surface area (Å²) in [6, 6.07) is -0.871. The van der Waals surface area contributed by atoms with Gasteiger partial charge in [0.25, 0.3) is 6.64 Å². The maximum Gasteiger partial charge on any atom is 0.323 e. The molecule has 0 aromatic carbocycles. The van der Waals surface area contributed by atoms with Crippen LogP contribution in [0.3, 0.4) is 0 Å². The monoisotopic (exact) mass is 684 g/mol. The minimum absolute atomic E-state index is 0.00798. The van der Waals surface area contributed by atoms with Crippen molar-refractivity contribution in [3.8, 4) is 5.88 Å². The van der Waals surface area contributed by atoms with Crippen molar-refractivity contribution < 1.29 is 37.2 Å². The smallest absolute Gasteiger partial charge is 0.323 e. The SMILES string of the molecule is CCOc1nc(N)nc2c1ncn2[C@@H]1O[C@H](CO[P@@](=S)(N[C@H](C)C(=O)OC(C)C)OCCSC(=O)C(C)(C)C)C[C@@]1(F)Cl. The first-order chi connectivity index (χ1) is 20.0. The lowest BCUT2D eigenvalue weighted by molar-refractivity contribution is -0.149. The Morgan fingerprint density at radius 3 is 2.67 bits per heavy atom. The van der Waals surface area contributed by atoms with Crippen LogP contribution in [-0.2, 0) is 39.9 Å².